The monoisotopic (exact) mass is 1430 g/mol. The third-order valence-electron chi connectivity index (χ3n) is 16.7. The number of nitrogens with zero attached hydrogens (tertiary/aromatic N) is 3. The Labute approximate surface area is 584 Å². The van der Waals surface area contributed by atoms with Crippen molar-refractivity contribution < 1.29 is 97.5 Å². The molecule has 37 nitrogen and oxygen atoms in total. The van der Waals surface area contributed by atoms with Crippen molar-refractivity contribution in [3.8, 4) is 5.75 Å². The van der Waals surface area contributed by atoms with Gasteiger partial charge in [-0.3, -0.25) is 72.1 Å². The summed E-state index contributed by atoms with van der Waals surface area (Å²) in [5.74, 6) is -16.9. The van der Waals surface area contributed by atoms with E-state index in [2.05, 4.69) is 58.2 Å². The molecule has 564 valence electrons. The molecule has 23 N–H and O–H groups in total. The zero-order valence-corrected chi connectivity index (χ0v) is 58.1. The molecule has 0 bridgehead atoms. The van der Waals surface area contributed by atoms with Crippen LogP contribution in [0.15, 0.2) is 29.3 Å². The lowest BCUT2D eigenvalue weighted by molar-refractivity contribution is -0.148. The number of hydrogen-bond acceptors (Lipinski definition) is 20. The average molecular weight is 1430 g/mol. The standard InChI is InChI=1S/C64H103N17O20/c1-32(2)27-42(61(98)80-25-11-15-45(80)59(96)77-43(63(100)101)29-49(87)88)76-56(93)41(28-36-17-19-37(83)20-18-36)75-60(97)51(34(5)6)79-47(84)30-70-53(90)40(21-22-48(85)86)73-54(91)39(14-10-24-69-64(67)68)72-52(89)35(7)71-57(94)44(31-82)78-55(92)38(13-8-9-23-65)74-58(95)46-16-12-26-81(46)62(99)50(66)33(3)4/h17-20,32-35,38-46,50-51,82-83H,8-16,21-31,65-66H2,1-7H3,(H,70,90)(H,71,94)(H,72,89)(H,73,91)(H,74,95)(H,75,97)(H,76,93)(H,77,96)(H,78,92)(H,79,84)(H,85,86)(H,87,88)(H,100,101)(H4,67,68,69)/t35-,38-,39-,40-,41-,42-,43-,44-,45-,46-,50-,51-/m0/s1. The molecule has 2 aliphatic heterocycles. The first-order valence-corrected chi connectivity index (χ1v) is 33.7. The number of carboxylic acids is 3. The number of phenols is 1. The summed E-state index contributed by atoms with van der Waals surface area (Å²) in [4.78, 5) is 208. The molecule has 101 heavy (non-hydrogen) atoms. The van der Waals surface area contributed by atoms with E-state index >= 15 is 0 Å². The van der Waals surface area contributed by atoms with Crippen LogP contribution in [-0.4, -0.2) is 242 Å². The summed E-state index contributed by atoms with van der Waals surface area (Å²) in [7, 11) is 0. The first-order valence-electron chi connectivity index (χ1n) is 33.7. The van der Waals surface area contributed by atoms with Crippen LogP contribution >= 0.6 is 0 Å². The van der Waals surface area contributed by atoms with Crippen molar-refractivity contribution in [2.75, 3.05) is 39.3 Å². The lowest BCUT2D eigenvalue weighted by atomic mass is 9.99. The van der Waals surface area contributed by atoms with Gasteiger partial charge in [0.25, 0.3) is 0 Å². The first kappa shape index (κ1) is 85.4. The fourth-order valence-electron chi connectivity index (χ4n) is 11.0. The highest BCUT2D eigenvalue weighted by Crippen LogP contribution is 2.23. The number of hydrogen-bond donors (Lipinski definition) is 19. The predicted molar refractivity (Wildman–Crippen MR) is 361 cm³/mol. The van der Waals surface area contributed by atoms with Crippen molar-refractivity contribution in [3.63, 3.8) is 0 Å². The van der Waals surface area contributed by atoms with Crippen molar-refractivity contribution in [2.24, 2.45) is 45.7 Å². The smallest absolute Gasteiger partial charge is 0.326 e. The number of nitrogens with two attached hydrogens (primary N) is 4. The van der Waals surface area contributed by atoms with E-state index in [4.69, 9.17) is 22.9 Å². The Hall–Kier alpha value is -9.78. The Morgan fingerprint density at radius 2 is 1.06 bits per heavy atom. The van der Waals surface area contributed by atoms with Crippen molar-refractivity contribution >= 4 is 94.8 Å². The first-order chi connectivity index (χ1) is 47.5. The number of carboxylic acid groups (broad SMARTS) is 3. The molecule has 12 atom stereocenters. The fraction of sp³-hybridized carbons (Fsp3) is 0.656. The van der Waals surface area contributed by atoms with E-state index in [9.17, 15) is 97.5 Å². The second-order valence-electron chi connectivity index (χ2n) is 26.1. The lowest BCUT2D eigenvalue weighted by Crippen LogP contribution is -2.60. The van der Waals surface area contributed by atoms with E-state index in [0.29, 0.717) is 37.7 Å². The van der Waals surface area contributed by atoms with E-state index in [1.54, 1.807) is 27.7 Å². The number of benzene rings is 1. The number of rotatable bonds is 43. The highest BCUT2D eigenvalue weighted by atomic mass is 16.4. The number of aliphatic imine (C=N–C) groups is 1. The van der Waals surface area contributed by atoms with Gasteiger partial charge in [-0.2, -0.15) is 0 Å². The highest BCUT2D eigenvalue weighted by Gasteiger charge is 2.42. The van der Waals surface area contributed by atoms with Crippen LogP contribution in [0.5, 0.6) is 5.75 Å². The van der Waals surface area contributed by atoms with Crippen molar-refractivity contribution in [1.82, 2.24) is 63.0 Å². The van der Waals surface area contributed by atoms with Gasteiger partial charge in [0.15, 0.2) is 5.96 Å². The number of amides is 12. The van der Waals surface area contributed by atoms with Gasteiger partial charge in [-0.05, 0) is 120 Å². The van der Waals surface area contributed by atoms with E-state index in [-0.39, 0.29) is 88.2 Å². The molecule has 0 unspecified atom stereocenters. The molecule has 0 saturated carbocycles. The SMILES string of the molecule is CC(C)C[C@H](NC(=O)[C@H](Cc1ccc(O)cc1)NC(=O)[C@@H](NC(=O)CNC(=O)[C@H](CCC(=O)O)NC(=O)[C@H](CCCN=C(N)N)NC(=O)[C@H](C)NC(=O)[C@H](CO)NC(=O)[C@H](CCCCN)NC(=O)[C@@H]1CCCN1C(=O)[C@@H](N)C(C)C)C(C)C)C(=O)N1CCC[C@H]1C(=O)N[C@@H](CC(=O)O)C(=O)O. The number of likely N-dealkylation sites (tertiary alicyclic amines) is 2. The quantitative estimate of drug-likeness (QED) is 0.0165. The number of guanidine groups is 1. The summed E-state index contributed by atoms with van der Waals surface area (Å²) in [5.41, 5.74) is 23.2. The van der Waals surface area contributed by atoms with Crippen LogP contribution in [0.2, 0.25) is 0 Å². The zero-order chi connectivity index (χ0) is 76.0. The molecular formula is C64H103N17O20. The van der Waals surface area contributed by atoms with Crippen LogP contribution in [0.3, 0.4) is 0 Å². The van der Waals surface area contributed by atoms with Crippen LogP contribution in [0.1, 0.15) is 138 Å². The molecule has 1 aromatic rings. The Bertz CT molecular complexity index is 3090. The lowest BCUT2D eigenvalue weighted by Gasteiger charge is -2.31. The average Bonchev–Trinajstić information content (AvgIpc) is 1.74. The number of aliphatic hydroxyl groups is 1. The van der Waals surface area contributed by atoms with Gasteiger partial charge in [0, 0.05) is 32.5 Å². The molecule has 2 saturated heterocycles. The summed E-state index contributed by atoms with van der Waals surface area (Å²) in [6.45, 7) is 9.87. The Kier molecular flexibility index (Phi) is 35.8. The van der Waals surface area contributed by atoms with Gasteiger partial charge in [0.05, 0.1) is 25.6 Å². The second-order valence-corrected chi connectivity index (χ2v) is 26.1. The minimum absolute atomic E-state index is 0.00671. The molecule has 2 heterocycles. The van der Waals surface area contributed by atoms with Crippen LogP contribution in [0.4, 0.5) is 0 Å². The van der Waals surface area contributed by atoms with E-state index in [1.165, 1.54) is 49.9 Å². The maximum Gasteiger partial charge on any atom is 0.326 e. The summed E-state index contributed by atoms with van der Waals surface area (Å²) in [5, 5.41) is 73.2. The maximum atomic E-state index is 14.4. The highest BCUT2D eigenvalue weighted by molar-refractivity contribution is 6.00. The number of carbonyl (C=O) groups is 15. The number of nitrogens with one attached hydrogen (secondary N) is 10. The molecule has 1 aromatic carbocycles. The third kappa shape index (κ3) is 28.8. The molecular weight excluding hydrogens is 1330 g/mol. The third-order valence-corrected chi connectivity index (χ3v) is 16.7. The van der Waals surface area contributed by atoms with Crippen LogP contribution < -0.4 is 76.1 Å². The molecule has 2 fully saturated rings. The van der Waals surface area contributed by atoms with Gasteiger partial charge < -0.3 is 111 Å². The number of phenolic OH excluding ortho intramolecular Hbond substituents is 1. The summed E-state index contributed by atoms with van der Waals surface area (Å²) < 4.78 is 0. The minimum atomic E-state index is -1.81. The van der Waals surface area contributed by atoms with Gasteiger partial charge in [-0.25, -0.2) is 4.79 Å². The molecule has 12 amide bonds. The summed E-state index contributed by atoms with van der Waals surface area (Å²) >= 11 is 0. The van der Waals surface area contributed by atoms with Gasteiger partial charge >= 0.3 is 17.9 Å². The zero-order valence-electron chi connectivity index (χ0n) is 58.1. The molecule has 0 radical (unpaired) electrons. The molecule has 2 aliphatic rings. The van der Waals surface area contributed by atoms with Gasteiger partial charge in [0.1, 0.15) is 72.2 Å². The molecule has 0 aliphatic carbocycles. The number of aliphatic hydroxyl groups excluding tert-OH is 1. The topological polar surface area (TPSA) is 600 Å². The van der Waals surface area contributed by atoms with Crippen molar-refractivity contribution in [2.45, 2.75) is 211 Å². The Morgan fingerprint density at radius 3 is 1.58 bits per heavy atom. The normalized spacial score (nSPS) is 17.2. The maximum absolute atomic E-state index is 14.4. The minimum Gasteiger partial charge on any atom is -0.508 e. The molecule has 37 heteroatoms. The molecule has 3 rings (SSSR count). The van der Waals surface area contributed by atoms with Crippen LogP contribution in [-0.2, 0) is 78.3 Å². The largest absolute Gasteiger partial charge is 0.508 e. The summed E-state index contributed by atoms with van der Waals surface area (Å²) in [6.07, 6.45) is -0.688. The molecule has 0 spiro atoms. The van der Waals surface area contributed by atoms with Crippen molar-refractivity contribution in [1.29, 1.82) is 0 Å². The van der Waals surface area contributed by atoms with Crippen LogP contribution in [0, 0.1) is 17.8 Å². The Balaban J connectivity index is 1.80. The fourth-order valence-corrected chi connectivity index (χ4v) is 11.0. The predicted octanol–water partition coefficient (Wildman–Crippen LogP) is -5.30. The Morgan fingerprint density at radius 1 is 0.554 bits per heavy atom. The van der Waals surface area contributed by atoms with E-state index < -0.39 is 200 Å². The summed E-state index contributed by atoms with van der Waals surface area (Å²) in [6, 6.07) is -11.3. The van der Waals surface area contributed by atoms with Crippen LogP contribution in [0.25, 0.3) is 0 Å². The van der Waals surface area contributed by atoms with Gasteiger partial charge in [0.2, 0.25) is 70.9 Å². The number of carbonyl (C=O) groups excluding carboxylic acids is 12. The number of aliphatic carboxylic acids is 3. The second kappa shape index (κ2) is 42.4. The van der Waals surface area contributed by atoms with Gasteiger partial charge in [-0.1, -0.05) is 53.7 Å². The van der Waals surface area contributed by atoms with Crippen molar-refractivity contribution in [3.05, 3.63) is 29.8 Å². The number of unbranched alkanes of at least 4 members (excludes halogenated alkanes) is 1. The van der Waals surface area contributed by atoms with E-state index in [0.717, 1.165) is 4.90 Å². The van der Waals surface area contributed by atoms with Gasteiger partial charge in [-0.15, -0.1) is 0 Å². The molecule has 0 aromatic heterocycles. The number of aromatic hydroxyl groups is 1. The van der Waals surface area contributed by atoms with E-state index in [1.807, 2.05) is 0 Å².